The molecule has 1 saturated carbocycles. The lowest BCUT2D eigenvalue weighted by Crippen LogP contribution is -2.22. The molecule has 0 atom stereocenters. The van der Waals surface area contributed by atoms with Crippen molar-refractivity contribution in [3.63, 3.8) is 0 Å². The average Bonchev–Trinajstić information content (AvgIpc) is 3.11. The standard InChI is InChI=1S/C16H15FN4OS/c1-9(22)20(2)16-18-12(8-23-16)15-19-14-11(17)4-3-5-13(14)21(15)10-6-7-10/h3-5,8,10H,6-7H2,1-2H3. The molecule has 2 heterocycles. The normalized spacial score (nSPS) is 14.4. The van der Waals surface area contributed by atoms with Crippen LogP contribution in [0.15, 0.2) is 23.6 Å². The second kappa shape index (κ2) is 5.13. The zero-order chi connectivity index (χ0) is 16.1. The molecule has 0 saturated heterocycles. The number of para-hydroxylation sites is 1. The Kier molecular flexibility index (Phi) is 3.19. The number of hydrogen-bond acceptors (Lipinski definition) is 4. The Morgan fingerprint density at radius 1 is 1.39 bits per heavy atom. The highest BCUT2D eigenvalue weighted by Gasteiger charge is 2.30. The van der Waals surface area contributed by atoms with Gasteiger partial charge in [-0.15, -0.1) is 11.3 Å². The maximum atomic E-state index is 14.1. The maximum absolute atomic E-state index is 14.1. The van der Waals surface area contributed by atoms with Crippen molar-refractivity contribution in [3.05, 3.63) is 29.4 Å². The van der Waals surface area contributed by atoms with Crippen molar-refractivity contribution in [2.75, 3.05) is 11.9 Å². The quantitative estimate of drug-likeness (QED) is 0.737. The summed E-state index contributed by atoms with van der Waals surface area (Å²) in [6.45, 7) is 1.50. The first-order valence-corrected chi connectivity index (χ1v) is 8.31. The second-order valence-electron chi connectivity index (χ2n) is 5.74. The number of fused-ring (bicyclic) bond motifs is 1. The van der Waals surface area contributed by atoms with Crippen molar-refractivity contribution < 1.29 is 9.18 Å². The van der Waals surface area contributed by atoms with E-state index in [2.05, 4.69) is 14.5 Å². The zero-order valence-corrected chi connectivity index (χ0v) is 13.6. The summed E-state index contributed by atoms with van der Waals surface area (Å²) in [5.41, 5.74) is 1.86. The minimum Gasteiger partial charge on any atom is -0.319 e. The van der Waals surface area contributed by atoms with Gasteiger partial charge >= 0.3 is 0 Å². The number of aromatic nitrogens is 3. The van der Waals surface area contributed by atoms with Crippen molar-refractivity contribution in [1.82, 2.24) is 14.5 Å². The van der Waals surface area contributed by atoms with E-state index in [1.165, 1.54) is 29.2 Å². The van der Waals surface area contributed by atoms with Crippen LogP contribution in [0.4, 0.5) is 9.52 Å². The van der Waals surface area contributed by atoms with Gasteiger partial charge in [0.25, 0.3) is 0 Å². The molecule has 0 N–H and O–H groups in total. The number of halogens is 1. The van der Waals surface area contributed by atoms with Gasteiger partial charge in [0, 0.05) is 25.4 Å². The highest BCUT2D eigenvalue weighted by atomic mass is 32.1. The smallest absolute Gasteiger partial charge is 0.225 e. The van der Waals surface area contributed by atoms with Gasteiger partial charge in [-0.3, -0.25) is 9.69 Å². The maximum Gasteiger partial charge on any atom is 0.225 e. The van der Waals surface area contributed by atoms with Crippen molar-refractivity contribution in [2.45, 2.75) is 25.8 Å². The van der Waals surface area contributed by atoms with Gasteiger partial charge in [-0.05, 0) is 25.0 Å². The van der Waals surface area contributed by atoms with Crippen molar-refractivity contribution in [3.8, 4) is 11.5 Å². The van der Waals surface area contributed by atoms with Gasteiger partial charge < -0.3 is 4.57 Å². The molecule has 7 heteroatoms. The van der Waals surface area contributed by atoms with E-state index in [-0.39, 0.29) is 11.7 Å². The SMILES string of the molecule is CC(=O)N(C)c1nc(-c2nc3c(F)cccc3n2C2CC2)cs1. The van der Waals surface area contributed by atoms with E-state index >= 15 is 0 Å². The summed E-state index contributed by atoms with van der Waals surface area (Å²) < 4.78 is 16.1. The molecule has 1 aliphatic rings. The number of anilines is 1. The fourth-order valence-corrected chi connectivity index (χ4v) is 3.43. The Morgan fingerprint density at radius 3 is 2.87 bits per heavy atom. The summed E-state index contributed by atoms with van der Waals surface area (Å²) in [6, 6.07) is 5.37. The van der Waals surface area contributed by atoms with Crippen LogP contribution in [0.1, 0.15) is 25.8 Å². The van der Waals surface area contributed by atoms with E-state index in [1.54, 1.807) is 13.1 Å². The van der Waals surface area contributed by atoms with Gasteiger partial charge in [0.2, 0.25) is 5.91 Å². The number of carbonyl (C=O) groups excluding carboxylic acids is 1. The first kappa shape index (κ1) is 14.3. The van der Waals surface area contributed by atoms with Crippen LogP contribution < -0.4 is 4.90 Å². The Morgan fingerprint density at radius 2 is 2.17 bits per heavy atom. The van der Waals surface area contributed by atoms with E-state index in [4.69, 9.17) is 0 Å². The predicted molar refractivity (Wildman–Crippen MR) is 88.2 cm³/mol. The molecule has 0 radical (unpaired) electrons. The topological polar surface area (TPSA) is 51.0 Å². The largest absolute Gasteiger partial charge is 0.319 e. The van der Waals surface area contributed by atoms with Crippen LogP contribution in [0.2, 0.25) is 0 Å². The van der Waals surface area contributed by atoms with E-state index < -0.39 is 0 Å². The number of rotatable bonds is 3. The number of hydrogen-bond donors (Lipinski definition) is 0. The molecule has 5 nitrogen and oxygen atoms in total. The zero-order valence-electron chi connectivity index (χ0n) is 12.8. The van der Waals surface area contributed by atoms with E-state index in [0.29, 0.717) is 28.2 Å². The molecular weight excluding hydrogens is 315 g/mol. The highest BCUT2D eigenvalue weighted by molar-refractivity contribution is 7.14. The minimum absolute atomic E-state index is 0.0763. The molecule has 23 heavy (non-hydrogen) atoms. The first-order chi connectivity index (χ1) is 11.1. The van der Waals surface area contributed by atoms with Crippen molar-refractivity contribution in [2.24, 2.45) is 0 Å². The number of carbonyl (C=O) groups is 1. The van der Waals surface area contributed by atoms with E-state index in [1.807, 2.05) is 11.4 Å². The molecule has 2 aromatic heterocycles. The van der Waals surface area contributed by atoms with Crippen LogP contribution in [0.25, 0.3) is 22.6 Å². The Balaban J connectivity index is 1.87. The van der Waals surface area contributed by atoms with Crippen LogP contribution >= 0.6 is 11.3 Å². The summed E-state index contributed by atoms with van der Waals surface area (Å²) >= 11 is 1.38. The molecular formula is C16H15FN4OS. The Hall–Kier alpha value is -2.28. The van der Waals surface area contributed by atoms with Crippen LogP contribution in [0.5, 0.6) is 0 Å². The lowest BCUT2D eigenvalue weighted by atomic mass is 10.3. The fourth-order valence-electron chi connectivity index (χ4n) is 2.62. The van der Waals surface area contributed by atoms with Gasteiger partial charge in [-0.25, -0.2) is 14.4 Å². The van der Waals surface area contributed by atoms with Crippen LogP contribution in [-0.2, 0) is 4.79 Å². The fraction of sp³-hybridized carbons (Fsp3) is 0.312. The number of imidazole rings is 1. The molecule has 118 valence electrons. The molecule has 0 bridgehead atoms. The molecule has 0 unspecified atom stereocenters. The molecule has 1 amide bonds. The van der Waals surface area contributed by atoms with E-state index in [0.717, 1.165) is 18.4 Å². The summed E-state index contributed by atoms with van der Waals surface area (Å²) in [5.74, 6) is 0.277. The molecule has 3 aromatic rings. The number of benzene rings is 1. The summed E-state index contributed by atoms with van der Waals surface area (Å²) in [4.78, 5) is 22.0. The molecule has 1 aromatic carbocycles. The minimum atomic E-state index is -0.320. The van der Waals surface area contributed by atoms with Gasteiger partial charge in [0.05, 0.1) is 5.52 Å². The first-order valence-electron chi connectivity index (χ1n) is 7.43. The predicted octanol–water partition coefficient (Wildman–Crippen LogP) is 3.62. The monoisotopic (exact) mass is 330 g/mol. The van der Waals surface area contributed by atoms with Crippen LogP contribution in [-0.4, -0.2) is 27.5 Å². The van der Waals surface area contributed by atoms with Crippen molar-refractivity contribution in [1.29, 1.82) is 0 Å². The van der Waals surface area contributed by atoms with Crippen molar-refractivity contribution >= 4 is 33.4 Å². The highest BCUT2D eigenvalue weighted by Crippen LogP contribution is 2.42. The van der Waals surface area contributed by atoms with Crippen LogP contribution in [0, 0.1) is 5.82 Å². The number of nitrogens with zero attached hydrogens (tertiary/aromatic N) is 4. The van der Waals surface area contributed by atoms with Crippen LogP contribution in [0.3, 0.4) is 0 Å². The average molecular weight is 330 g/mol. The molecule has 0 spiro atoms. The summed E-state index contributed by atoms with van der Waals surface area (Å²) in [6.07, 6.45) is 2.14. The van der Waals surface area contributed by atoms with E-state index in [9.17, 15) is 9.18 Å². The lowest BCUT2D eigenvalue weighted by molar-refractivity contribution is -0.116. The molecule has 1 fully saturated rings. The lowest BCUT2D eigenvalue weighted by Gasteiger charge is -2.09. The third kappa shape index (κ3) is 2.31. The third-order valence-electron chi connectivity index (χ3n) is 4.06. The van der Waals surface area contributed by atoms with Gasteiger partial charge in [0.1, 0.15) is 11.2 Å². The third-order valence-corrected chi connectivity index (χ3v) is 4.98. The number of thiazole rings is 1. The van der Waals surface area contributed by atoms with Gasteiger partial charge in [0.15, 0.2) is 16.8 Å². The summed E-state index contributed by atoms with van der Waals surface area (Å²) in [7, 11) is 1.69. The van der Waals surface area contributed by atoms with Gasteiger partial charge in [-0.2, -0.15) is 0 Å². The number of amides is 1. The molecule has 1 aliphatic carbocycles. The Bertz CT molecular complexity index is 912. The van der Waals surface area contributed by atoms with Gasteiger partial charge in [-0.1, -0.05) is 6.07 Å². The summed E-state index contributed by atoms with van der Waals surface area (Å²) in [5, 5.41) is 2.48. The molecule has 0 aliphatic heterocycles. The molecule has 4 rings (SSSR count). The Labute approximate surface area is 136 Å². The second-order valence-corrected chi connectivity index (χ2v) is 6.57.